The van der Waals surface area contributed by atoms with E-state index in [9.17, 15) is 23.6 Å². The van der Waals surface area contributed by atoms with Crippen LogP contribution in [0.4, 0.5) is 14.6 Å². The third kappa shape index (κ3) is 4.90. The van der Waals surface area contributed by atoms with Gasteiger partial charge >= 0.3 is 5.92 Å². The first-order valence-corrected chi connectivity index (χ1v) is 10.4. The number of hydrogen-bond donors (Lipinski definition) is 2. The second-order valence-corrected chi connectivity index (χ2v) is 7.95. The predicted octanol–water partition coefficient (Wildman–Crippen LogP) is 2.32. The Kier molecular flexibility index (Phi) is 6.20. The van der Waals surface area contributed by atoms with Crippen molar-refractivity contribution in [3.05, 3.63) is 36.2 Å². The minimum Gasteiger partial charge on any atom is -0.463 e. The highest BCUT2D eigenvalue weighted by molar-refractivity contribution is 5.93. The summed E-state index contributed by atoms with van der Waals surface area (Å²) < 4.78 is 34.6. The minimum atomic E-state index is -3.35. The minimum absolute atomic E-state index is 0.000218. The Labute approximate surface area is 188 Å². The largest absolute Gasteiger partial charge is 0.463 e. The van der Waals surface area contributed by atoms with Crippen molar-refractivity contribution >= 4 is 17.6 Å². The van der Waals surface area contributed by atoms with Gasteiger partial charge in [0.2, 0.25) is 12.1 Å². The monoisotopic (exact) mass is 457 g/mol. The Balaban J connectivity index is 1.59. The molecule has 1 aromatic carbocycles. The molecular formula is C22H21F2N5O4. The average Bonchev–Trinajstić information content (AvgIpc) is 3.65. The highest BCUT2D eigenvalue weighted by atomic mass is 19.3. The van der Waals surface area contributed by atoms with Crippen molar-refractivity contribution in [2.75, 3.05) is 18.5 Å². The lowest BCUT2D eigenvalue weighted by Crippen LogP contribution is -2.58. The van der Waals surface area contributed by atoms with Crippen LogP contribution in [0.2, 0.25) is 0 Å². The van der Waals surface area contributed by atoms with Gasteiger partial charge in [0.05, 0.1) is 11.3 Å². The Morgan fingerprint density at radius 2 is 2.09 bits per heavy atom. The van der Waals surface area contributed by atoms with E-state index in [4.69, 9.17) is 9.84 Å². The fourth-order valence-electron chi connectivity index (χ4n) is 3.61. The summed E-state index contributed by atoms with van der Waals surface area (Å²) >= 11 is 0. The van der Waals surface area contributed by atoms with E-state index in [1.807, 2.05) is 6.07 Å². The van der Waals surface area contributed by atoms with E-state index in [2.05, 4.69) is 15.3 Å². The van der Waals surface area contributed by atoms with Crippen molar-refractivity contribution in [1.29, 1.82) is 5.26 Å². The van der Waals surface area contributed by atoms with Crippen molar-refractivity contribution in [2.24, 2.45) is 5.92 Å². The first-order chi connectivity index (χ1) is 15.8. The number of amides is 2. The van der Waals surface area contributed by atoms with Gasteiger partial charge < -0.3 is 20.1 Å². The van der Waals surface area contributed by atoms with Crippen molar-refractivity contribution < 1.29 is 28.2 Å². The zero-order valence-corrected chi connectivity index (χ0v) is 17.5. The third-order valence-corrected chi connectivity index (χ3v) is 5.51. The van der Waals surface area contributed by atoms with Crippen molar-refractivity contribution in [3.63, 3.8) is 0 Å². The van der Waals surface area contributed by atoms with Gasteiger partial charge in [-0.1, -0.05) is 0 Å². The number of aliphatic hydroxyl groups excluding tert-OH is 1. The van der Waals surface area contributed by atoms with E-state index in [0.717, 1.165) is 17.7 Å². The van der Waals surface area contributed by atoms with Gasteiger partial charge in [-0.2, -0.15) is 5.26 Å². The summed E-state index contributed by atoms with van der Waals surface area (Å²) in [5.74, 6) is -4.15. The molecule has 0 spiro atoms. The van der Waals surface area contributed by atoms with Crippen LogP contribution in [0.3, 0.4) is 0 Å². The van der Waals surface area contributed by atoms with E-state index in [1.54, 1.807) is 6.07 Å². The first kappa shape index (κ1) is 22.5. The van der Waals surface area contributed by atoms with Crippen molar-refractivity contribution in [2.45, 2.75) is 37.8 Å². The van der Waals surface area contributed by atoms with Gasteiger partial charge in [0, 0.05) is 30.5 Å². The van der Waals surface area contributed by atoms with Gasteiger partial charge in [-0.15, -0.1) is 0 Å². The number of benzene rings is 1. The summed E-state index contributed by atoms with van der Waals surface area (Å²) in [4.78, 5) is 32.9. The first-order valence-electron chi connectivity index (χ1n) is 10.4. The summed E-state index contributed by atoms with van der Waals surface area (Å²) in [6, 6.07) is 7.77. The number of nitrogens with one attached hydrogen (secondary N) is 1. The van der Waals surface area contributed by atoms with Crippen LogP contribution in [-0.2, 0) is 9.59 Å². The number of ether oxygens (including phenoxy) is 1. The van der Waals surface area contributed by atoms with E-state index in [1.165, 1.54) is 24.5 Å². The number of aliphatic hydroxyl groups is 1. The number of likely N-dealkylation sites (tertiary alicyclic amines) is 1. The van der Waals surface area contributed by atoms with Crippen LogP contribution >= 0.6 is 0 Å². The Hall–Kier alpha value is -3.65. The molecule has 0 unspecified atom stereocenters. The molecule has 1 aliphatic carbocycles. The number of alkyl halides is 2. The Morgan fingerprint density at radius 3 is 2.79 bits per heavy atom. The molecule has 2 aliphatic rings. The molecule has 33 heavy (non-hydrogen) atoms. The zero-order valence-electron chi connectivity index (χ0n) is 17.5. The van der Waals surface area contributed by atoms with Crippen molar-refractivity contribution in [1.82, 2.24) is 14.9 Å². The van der Waals surface area contributed by atoms with Gasteiger partial charge in [0.15, 0.2) is 0 Å². The number of aromatic nitrogens is 2. The molecule has 1 saturated carbocycles. The van der Waals surface area contributed by atoms with Crippen LogP contribution < -0.4 is 10.1 Å². The van der Waals surface area contributed by atoms with Crippen LogP contribution in [0.5, 0.6) is 5.75 Å². The molecule has 0 bridgehead atoms. The molecule has 11 heteroatoms. The second-order valence-electron chi connectivity index (χ2n) is 7.95. The summed E-state index contributed by atoms with van der Waals surface area (Å²) in [5, 5.41) is 21.4. The maximum absolute atomic E-state index is 14.6. The highest BCUT2D eigenvalue weighted by Crippen LogP contribution is 2.36. The van der Waals surface area contributed by atoms with Crippen LogP contribution in [0.15, 0.2) is 30.6 Å². The van der Waals surface area contributed by atoms with Crippen LogP contribution in [0, 0.1) is 17.2 Å². The lowest BCUT2D eigenvalue weighted by Gasteiger charge is -2.40. The lowest BCUT2D eigenvalue weighted by atomic mass is 10.0. The zero-order chi connectivity index (χ0) is 23.6. The molecule has 1 atom stereocenters. The fraction of sp³-hybridized carbons (Fsp3) is 0.409. The van der Waals surface area contributed by atoms with Gasteiger partial charge in [-0.25, -0.2) is 18.7 Å². The topological polar surface area (TPSA) is 128 Å². The fourth-order valence-corrected chi connectivity index (χ4v) is 3.61. The summed E-state index contributed by atoms with van der Waals surface area (Å²) in [6.45, 7) is -0.913. The highest BCUT2D eigenvalue weighted by Gasteiger charge is 2.49. The van der Waals surface area contributed by atoms with Crippen LogP contribution in [-0.4, -0.2) is 57.1 Å². The van der Waals surface area contributed by atoms with E-state index in [0.29, 0.717) is 17.1 Å². The number of nitriles is 1. The second kappa shape index (κ2) is 9.07. The number of halogens is 2. The van der Waals surface area contributed by atoms with Crippen molar-refractivity contribution in [3.8, 4) is 23.1 Å². The predicted molar refractivity (Wildman–Crippen MR) is 111 cm³/mol. The summed E-state index contributed by atoms with van der Waals surface area (Å²) in [5.41, 5.74) is 0.869. The third-order valence-electron chi connectivity index (χ3n) is 5.51. The SMILES string of the molecule is N#Cc1cc(-c2cc(NC(=O)C3CC3)ncn2)ccc1O[C@@H]1N(C(=O)CO)CCCC1(F)F. The number of hydrogen-bond acceptors (Lipinski definition) is 7. The smallest absolute Gasteiger partial charge is 0.303 e. The molecule has 2 amide bonds. The lowest BCUT2D eigenvalue weighted by molar-refractivity contribution is -0.195. The molecule has 1 aliphatic heterocycles. The summed E-state index contributed by atoms with van der Waals surface area (Å²) in [6.07, 6.45) is 0.608. The maximum atomic E-state index is 14.6. The maximum Gasteiger partial charge on any atom is 0.303 e. The van der Waals surface area contributed by atoms with Gasteiger partial charge in [0.1, 0.15) is 30.6 Å². The molecule has 4 rings (SSSR count). The Morgan fingerprint density at radius 1 is 1.30 bits per heavy atom. The van der Waals surface area contributed by atoms with Gasteiger partial charge in [-0.3, -0.25) is 9.59 Å². The molecular weight excluding hydrogens is 436 g/mol. The number of rotatable bonds is 6. The molecule has 1 saturated heterocycles. The van der Waals surface area contributed by atoms with E-state index in [-0.39, 0.29) is 36.1 Å². The van der Waals surface area contributed by atoms with Gasteiger partial charge in [0.25, 0.3) is 5.91 Å². The van der Waals surface area contributed by atoms with Crippen LogP contribution in [0.25, 0.3) is 11.3 Å². The quantitative estimate of drug-likeness (QED) is 0.681. The van der Waals surface area contributed by atoms with Crippen LogP contribution in [0.1, 0.15) is 31.2 Å². The van der Waals surface area contributed by atoms with Gasteiger partial charge in [-0.05, 0) is 37.5 Å². The number of nitrogens with zero attached hydrogens (tertiary/aromatic N) is 4. The number of piperidine rings is 1. The molecule has 2 fully saturated rings. The van der Waals surface area contributed by atoms with E-state index < -0.39 is 31.1 Å². The summed E-state index contributed by atoms with van der Waals surface area (Å²) in [7, 11) is 0. The molecule has 9 nitrogen and oxygen atoms in total. The normalized spacial score (nSPS) is 19.5. The molecule has 1 aromatic heterocycles. The molecule has 2 N–H and O–H groups in total. The number of carbonyl (C=O) groups is 2. The standard InChI is InChI=1S/C22H21F2N5O4/c23-22(24)6-1-7-29(19(31)11-30)21(22)33-17-5-4-14(8-15(17)10-25)16-9-18(27-12-26-16)28-20(32)13-2-3-13/h4-5,8-9,12-13,21,30H,1-3,6-7,11H2,(H,26,27,28,32)/t21-/m0/s1. The molecule has 172 valence electrons. The molecule has 2 aromatic rings. The Bertz CT molecular complexity index is 1120. The van der Waals surface area contributed by atoms with E-state index >= 15 is 0 Å². The number of carbonyl (C=O) groups excluding carboxylic acids is 2. The molecule has 2 heterocycles. The number of anilines is 1. The average molecular weight is 457 g/mol. The molecule has 0 radical (unpaired) electrons.